The van der Waals surface area contributed by atoms with Crippen LogP contribution in [0.5, 0.6) is 11.5 Å². The third-order valence-electron chi connectivity index (χ3n) is 3.62. The number of halogens is 2. The van der Waals surface area contributed by atoms with E-state index >= 15 is 0 Å². The number of esters is 1. The molecule has 140 valence electrons. The summed E-state index contributed by atoms with van der Waals surface area (Å²) in [6, 6.07) is 5.95. The average molecular weight is 418 g/mol. The molecule has 1 aromatic carbocycles. The molecule has 1 aromatic heterocycles. The summed E-state index contributed by atoms with van der Waals surface area (Å²) in [5.41, 5.74) is 0.899. The van der Waals surface area contributed by atoms with Crippen molar-refractivity contribution in [3.63, 3.8) is 0 Å². The molecule has 0 bridgehead atoms. The Morgan fingerprint density at radius 2 is 1.81 bits per heavy atom. The van der Waals surface area contributed by atoms with E-state index in [1.807, 2.05) is 0 Å². The normalized spacial score (nSPS) is 11.6. The van der Waals surface area contributed by atoms with Crippen molar-refractivity contribution in [1.29, 1.82) is 0 Å². The van der Waals surface area contributed by atoms with E-state index in [0.29, 0.717) is 21.4 Å². The second-order valence-electron chi connectivity index (χ2n) is 5.16. The zero-order valence-corrected chi connectivity index (χ0v) is 16.6. The number of methoxy groups -OCH3 is 3. The summed E-state index contributed by atoms with van der Waals surface area (Å²) in [6.07, 6.45) is -0.0623. The van der Waals surface area contributed by atoms with Crippen molar-refractivity contribution >= 4 is 46.4 Å². The van der Waals surface area contributed by atoms with Gasteiger partial charge in [0.15, 0.2) is 11.5 Å². The third-order valence-corrected chi connectivity index (χ3v) is 5.10. The van der Waals surface area contributed by atoms with Crippen LogP contribution in [0.1, 0.15) is 28.4 Å². The van der Waals surface area contributed by atoms with Crippen molar-refractivity contribution in [2.24, 2.45) is 0 Å². The smallest absolute Gasteiger partial charge is 0.307 e. The molecular formula is C17H17Cl2NO5S. The molecule has 1 N–H and O–H groups in total. The summed E-state index contributed by atoms with van der Waals surface area (Å²) >= 11 is 13.0. The van der Waals surface area contributed by atoms with Crippen molar-refractivity contribution in [3.8, 4) is 11.5 Å². The van der Waals surface area contributed by atoms with Gasteiger partial charge in [0.05, 0.1) is 43.7 Å². The highest BCUT2D eigenvalue weighted by atomic mass is 35.5. The average Bonchev–Trinajstić information content (AvgIpc) is 2.98. The Hall–Kier alpha value is -1.96. The van der Waals surface area contributed by atoms with Gasteiger partial charge in [0.2, 0.25) is 0 Å². The molecule has 0 radical (unpaired) electrons. The van der Waals surface area contributed by atoms with Crippen LogP contribution >= 0.6 is 34.5 Å². The molecule has 0 fully saturated rings. The summed E-state index contributed by atoms with van der Waals surface area (Å²) in [4.78, 5) is 24.3. The van der Waals surface area contributed by atoms with Gasteiger partial charge >= 0.3 is 5.97 Å². The maximum absolute atomic E-state index is 12.6. The van der Waals surface area contributed by atoms with Gasteiger partial charge in [0.1, 0.15) is 4.34 Å². The van der Waals surface area contributed by atoms with Crippen molar-refractivity contribution in [3.05, 3.63) is 44.1 Å². The van der Waals surface area contributed by atoms with Crippen LogP contribution in [-0.4, -0.2) is 33.2 Å². The molecule has 2 aromatic rings. The first-order valence-electron chi connectivity index (χ1n) is 7.44. The second kappa shape index (κ2) is 9.12. The van der Waals surface area contributed by atoms with Crippen LogP contribution in [0, 0.1) is 0 Å². The fourth-order valence-corrected chi connectivity index (χ4v) is 3.76. The van der Waals surface area contributed by atoms with E-state index in [2.05, 4.69) is 5.32 Å². The molecule has 1 amide bonds. The molecule has 0 aliphatic heterocycles. The van der Waals surface area contributed by atoms with Crippen LogP contribution in [0.2, 0.25) is 8.67 Å². The Morgan fingerprint density at radius 1 is 1.12 bits per heavy atom. The van der Waals surface area contributed by atoms with E-state index in [9.17, 15) is 9.59 Å². The van der Waals surface area contributed by atoms with Crippen molar-refractivity contribution in [2.45, 2.75) is 12.5 Å². The molecule has 6 nitrogen and oxygen atoms in total. The number of thiophene rings is 1. The first-order valence-corrected chi connectivity index (χ1v) is 9.01. The standard InChI is InChI=1S/C17H17Cl2NO5S/c1-23-12-5-4-9(6-13(12)24-2)11(8-15(21)25-3)20-17(22)10-7-14(18)26-16(10)19/h4-7,11H,8H2,1-3H3,(H,20,22). The van der Waals surface area contributed by atoms with Gasteiger partial charge in [-0.25, -0.2) is 0 Å². The Morgan fingerprint density at radius 3 is 2.35 bits per heavy atom. The van der Waals surface area contributed by atoms with Gasteiger partial charge in [-0.15, -0.1) is 11.3 Å². The van der Waals surface area contributed by atoms with Gasteiger partial charge in [-0.2, -0.15) is 0 Å². The first kappa shape index (κ1) is 20.4. The lowest BCUT2D eigenvalue weighted by Gasteiger charge is -2.19. The molecule has 26 heavy (non-hydrogen) atoms. The summed E-state index contributed by atoms with van der Waals surface area (Å²) in [6.45, 7) is 0. The van der Waals surface area contributed by atoms with Crippen molar-refractivity contribution in [2.75, 3.05) is 21.3 Å². The lowest BCUT2D eigenvalue weighted by Crippen LogP contribution is -2.30. The SMILES string of the molecule is COC(=O)CC(NC(=O)c1cc(Cl)sc1Cl)c1ccc(OC)c(OC)c1. The number of hydrogen-bond acceptors (Lipinski definition) is 6. The number of hydrogen-bond donors (Lipinski definition) is 1. The molecule has 0 aliphatic carbocycles. The van der Waals surface area contributed by atoms with Crippen LogP contribution in [0.25, 0.3) is 0 Å². The fourth-order valence-electron chi connectivity index (χ4n) is 2.30. The van der Waals surface area contributed by atoms with Crippen LogP contribution in [0.15, 0.2) is 24.3 Å². The zero-order valence-electron chi connectivity index (χ0n) is 14.3. The number of carbonyl (C=O) groups excluding carboxylic acids is 2. The number of ether oxygens (including phenoxy) is 3. The van der Waals surface area contributed by atoms with Crippen molar-refractivity contribution < 1.29 is 23.8 Å². The molecule has 0 spiro atoms. The van der Waals surface area contributed by atoms with Crippen LogP contribution < -0.4 is 14.8 Å². The highest BCUT2D eigenvalue weighted by molar-refractivity contribution is 7.20. The number of nitrogens with one attached hydrogen (secondary N) is 1. The monoisotopic (exact) mass is 417 g/mol. The quantitative estimate of drug-likeness (QED) is 0.686. The topological polar surface area (TPSA) is 73.9 Å². The van der Waals surface area contributed by atoms with Gasteiger partial charge in [-0.1, -0.05) is 29.3 Å². The molecule has 9 heteroatoms. The van der Waals surface area contributed by atoms with E-state index in [1.165, 1.54) is 27.4 Å². The predicted molar refractivity (Wildman–Crippen MR) is 101 cm³/mol. The molecule has 0 saturated heterocycles. The molecule has 0 aliphatic rings. The van der Waals surface area contributed by atoms with E-state index in [0.717, 1.165) is 11.3 Å². The Bertz CT molecular complexity index is 808. The number of carbonyl (C=O) groups is 2. The van der Waals surface area contributed by atoms with Gasteiger partial charge in [0, 0.05) is 0 Å². The fraction of sp³-hybridized carbons (Fsp3) is 0.294. The van der Waals surface area contributed by atoms with E-state index < -0.39 is 17.9 Å². The van der Waals surface area contributed by atoms with Gasteiger partial charge in [0.25, 0.3) is 5.91 Å². The number of rotatable bonds is 7. The first-order chi connectivity index (χ1) is 12.4. The molecule has 2 rings (SSSR count). The minimum absolute atomic E-state index is 0.0623. The highest BCUT2D eigenvalue weighted by Crippen LogP contribution is 2.33. The maximum atomic E-state index is 12.6. The summed E-state index contributed by atoms with van der Waals surface area (Å²) in [5.74, 6) is 0.0964. The number of amides is 1. The van der Waals surface area contributed by atoms with Crippen LogP contribution in [0.4, 0.5) is 0 Å². The van der Waals surface area contributed by atoms with Gasteiger partial charge in [-0.05, 0) is 23.8 Å². The lowest BCUT2D eigenvalue weighted by atomic mass is 10.0. The minimum Gasteiger partial charge on any atom is -0.493 e. The second-order valence-corrected chi connectivity index (χ2v) is 7.44. The third kappa shape index (κ3) is 4.81. The van der Waals surface area contributed by atoms with E-state index in [-0.39, 0.29) is 16.3 Å². The molecule has 1 atom stereocenters. The lowest BCUT2D eigenvalue weighted by molar-refractivity contribution is -0.141. The van der Waals surface area contributed by atoms with E-state index in [4.69, 9.17) is 37.4 Å². The molecular weight excluding hydrogens is 401 g/mol. The summed E-state index contributed by atoms with van der Waals surface area (Å²) in [7, 11) is 4.31. The Balaban J connectivity index is 2.33. The number of benzene rings is 1. The summed E-state index contributed by atoms with van der Waals surface area (Å²) < 4.78 is 15.9. The highest BCUT2D eigenvalue weighted by Gasteiger charge is 2.23. The Labute approximate surface area is 165 Å². The van der Waals surface area contributed by atoms with Gasteiger partial charge in [-0.3, -0.25) is 9.59 Å². The zero-order chi connectivity index (χ0) is 19.3. The molecule has 0 saturated carbocycles. The Kier molecular flexibility index (Phi) is 7.14. The summed E-state index contributed by atoms with van der Waals surface area (Å²) in [5, 5.41) is 2.79. The van der Waals surface area contributed by atoms with Gasteiger partial charge < -0.3 is 19.5 Å². The molecule has 1 heterocycles. The minimum atomic E-state index is -0.649. The van der Waals surface area contributed by atoms with Crippen molar-refractivity contribution in [1.82, 2.24) is 5.32 Å². The van der Waals surface area contributed by atoms with Crippen LogP contribution in [0.3, 0.4) is 0 Å². The van der Waals surface area contributed by atoms with E-state index in [1.54, 1.807) is 18.2 Å². The predicted octanol–water partition coefficient (Wildman–Crippen LogP) is 4.11. The largest absolute Gasteiger partial charge is 0.493 e. The molecule has 1 unspecified atom stereocenters. The maximum Gasteiger partial charge on any atom is 0.307 e. The van der Waals surface area contributed by atoms with Crippen LogP contribution in [-0.2, 0) is 9.53 Å².